The van der Waals surface area contributed by atoms with Crippen LogP contribution in [0.1, 0.15) is 18.4 Å². The van der Waals surface area contributed by atoms with Crippen LogP contribution in [0.15, 0.2) is 35.3 Å². The van der Waals surface area contributed by atoms with Crippen molar-refractivity contribution in [2.45, 2.75) is 36.8 Å². The minimum atomic E-state index is -3.03. The minimum Gasteiger partial charge on any atom is -0.368 e. The normalized spacial score (nSPS) is 32.2. The fraction of sp³-hybridized carbons (Fsp3) is 0.529. The number of amides is 1. The van der Waals surface area contributed by atoms with Gasteiger partial charge in [0.2, 0.25) is 0 Å². The summed E-state index contributed by atoms with van der Waals surface area (Å²) in [6, 6.07) is 9.74. The van der Waals surface area contributed by atoms with Crippen molar-refractivity contribution in [3.63, 3.8) is 0 Å². The zero-order chi connectivity index (χ0) is 17.4. The van der Waals surface area contributed by atoms with Crippen LogP contribution >= 0.6 is 11.8 Å². The van der Waals surface area contributed by atoms with Crippen LogP contribution in [-0.2, 0) is 25.9 Å². The summed E-state index contributed by atoms with van der Waals surface area (Å²) in [7, 11) is -3.03. The van der Waals surface area contributed by atoms with Crippen molar-refractivity contribution in [2.24, 2.45) is 4.99 Å². The molecule has 0 aliphatic carbocycles. The molecule has 0 aromatic heterocycles. The lowest BCUT2D eigenvalue weighted by atomic mass is 10.1. The van der Waals surface area contributed by atoms with Crippen molar-refractivity contribution in [2.75, 3.05) is 18.1 Å². The number of fused-ring (bicyclic) bond motifs is 1. The highest BCUT2D eigenvalue weighted by atomic mass is 32.2. The van der Waals surface area contributed by atoms with E-state index in [0.29, 0.717) is 24.7 Å². The minimum absolute atomic E-state index is 0.0511. The third kappa shape index (κ3) is 3.61. The van der Waals surface area contributed by atoms with Crippen LogP contribution in [0.2, 0.25) is 0 Å². The van der Waals surface area contributed by atoms with Crippen molar-refractivity contribution < 1.29 is 17.9 Å². The smallest absolute Gasteiger partial charge is 0.277 e. The number of amidine groups is 1. The van der Waals surface area contributed by atoms with Crippen LogP contribution in [-0.4, -0.2) is 59.9 Å². The molecule has 3 aliphatic heterocycles. The second kappa shape index (κ2) is 6.74. The number of carbonyl (C=O) groups excluding carboxylic acids is 1. The van der Waals surface area contributed by atoms with Gasteiger partial charge in [-0.3, -0.25) is 4.79 Å². The molecule has 0 spiro atoms. The first-order chi connectivity index (χ1) is 12.0. The molecule has 1 amide bonds. The maximum atomic E-state index is 12.4. The molecule has 3 aliphatic rings. The lowest BCUT2D eigenvalue weighted by Gasteiger charge is -2.24. The Balaban J connectivity index is 1.60. The number of hydrogen-bond acceptors (Lipinski definition) is 5. The van der Waals surface area contributed by atoms with Gasteiger partial charge in [0, 0.05) is 18.4 Å². The zero-order valence-corrected chi connectivity index (χ0v) is 15.3. The molecule has 134 valence electrons. The molecule has 8 heteroatoms. The predicted molar refractivity (Wildman–Crippen MR) is 97.2 cm³/mol. The molecule has 6 nitrogen and oxygen atoms in total. The third-order valence-electron chi connectivity index (χ3n) is 4.78. The number of sulfone groups is 1. The molecule has 0 N–H and O–H groups in total. The van der Waals surface area contributed by atoms with Gasteiger partial charge in [-0.15, -0.1) is 0 Å². The summed E-state index contributed by atoms with van der Waals surface area (Å²) in [5, 5.41) is 0.582. The van der Waals surface area contributed by atoms with E-state index in [2.05, 4.69) is 4.99 Å². The molecule has 3 saturated heterocycles. The van der Waals surface area contributed by atoms with Gasteiger partial charge in [0.15, 0.2) is 15.0 Å². The predicted octanol–water partition coefficient (Wildman–Crippen LogP) is 1.46. The molecule has 4 rings (SSSR count). The maximum Gasteiger partial charge on any atom is 0.277 e. The average Bonchev–Trinajstić information content (AvgIpc) is 3.26. The number of thioether (sulfide) groups is 1. The first-order valence-electron chi connectivity index (χ1n) is 8.44. The fourth-order valence-electron chi connectivity index (χ4n) is 3.54. The molecule has 3 fully saturated rings. The van der Waals surface area contributed by atoms with Gasteiger partial charge in [0.25, 0.3) is 5.91 Å². The second-order valence-electron chi connectivity index (χ2n) is 6.65. The molecular formula is C17H20N2O4S2. The highest BCUT2D eigenvalue weighted by molar-refractivity contribution is 8.15. The quantitative estimate of drug-likeness (QED) is 0.790. The average molecular weight is 380 g/mol. The van der Waals surface area contributed by atoms with Crippen molar-refractivity contribution in [1.29, 1.82) is 0 Å². The largest absolute Gasteiger partial charge is 0.368 e. The Morgan fingerprint density at radius 3 is 2.80 bits per heavy atom. The van der Waals surface area contributed by atoms with Crippen molar-refractivity contribution >= 4 is 32.7 Å². The second-order valence-corrected chi connectivity index (χ2v) is 10.0. The zero-order valence-electron chi connectivity index (χ0n) is 13.7. The van der Waals surface area contributed by atoms with Crippen molar-refractivity contribution in [1.82, 2.24) is 4.90 Å². The van der Waals surface area contributed by atoms with Gasteiger partial charge in [0.05, 0.1) is 17.5 Å². The third-order valence-corrected chi connectivity index (χ3v) is 8.03. The van der Waals surface area contributed by atoms with Crippen LogP contribution in [0.5, 0.6) is 0 Å². The Labute approximate surface area is 151 Å². The summed E-state index contributed by atoms with van der Waals surface area (Å²) in [5.74, 6) is 0.0340. The number of benzene rings is 1. The van der Waals surface area contributed by atoms with Gasteiger partial charge >= 0.3 is 0 Å². The van der Waals surface area contributed by atoms with Gasteiger partial charge in [-0.2, -0.15) is 4.99 Å². The van der Waals surface area contributed by atoms with E-state index < -0.39 is 15.9 Å². The Bertz CT molecular complexity index is 788. The number of ether oxygens (including phenoxy) is 1. The molecule has 3 atom stereocenters. The van der Waals surface area contributed by atoms with Gasteiger partial charge < -0.3 is 9.64 Å². The topological polar surface area (TPSA) is 76.0 Å². The monoisotopic (exact) mass is 380 g/mol. The van der Waals surface area contributed by atoms with E-state index in [1.807, 2.05) is 35.2 Å². The lowest BCUT2D eigenvalue weighted by Crippen LogP contribution is -2.37. The van der Waals surface area contributed by atoms with Crippen LogP contribution < -0.4 is 0 Å². The van der Waals surface area contributed by atoms with E-state index in [1.165, 1.54) is 11.8 Å². The number of aliphatic imine (C=N–C) groups is 1. The number of nitrogens with zero attached hydrogens (tertiary/aromatic N) is 2. The molecule has 25 heavy (non-hydrogen) atoms. The van der Waals surface area contributed by atoms with Crippen molar-refractivity contribution in [3.8, 4) is 0 Å². The van der Waals surface area contributed by atoms with Gasteiger partial charge in [-0.1, -0.05) is 42.1 Å². The SMILES string of the molecule is O=C(N=C1S[C@@H]2CS(=O)(=O)C[C@H]2N1Cc1ccccc1)[C@H]1CCCO1. The fourth-order valence-corrected chi connectivity index (χ4v) is 7.50. The molecule has 0 unspecified atom stereocenters. The number of hydrogen-bond donors (Lipinski definition) is 0. The van der Waals surface area contributed by atoms with Crippen LogP contribution in [0.25, 0.3) is 0 Å². The van der Waals surface area contributed by atoms with Crippen LogP contribution in [0.4, 0.5) is 0 Å². The maximum absolute atomic E-state index is 12.4. The number of carbonyl (C=O) groups is 1. The first kappa shape index (κ1) is 17.1. The summed E-state index contributed by atoms with van der Waals surface area (Å²) in [6.45, 7) is 1.16. The standard InChI is InChI=1S/C17H20N2O4S2/c20-16(14-7-4-8-23-14)18-17-19(9-12-5-2-1-3-6-12)13-10-25(21,22)11-15(13)24-17/h1-3,5-6,13-15H,4,7-11H2/t13-,14-,15-/m1/s1. The Hall–Kier alpha value is -1.38. The Morgan fingerprint density at radius 1 is 1.28 bits per heavy atom. The first-order valence-corrected chi connectivity index (χ1v) is 11.1. The van der Waals surface area contributed by atoms with Gasteiger partial charge in [-0.25, -0.2) is 8.42 Å². The molecule has 1 aromatic rings. The van der Waals surface area contributed by atoms with E-state index in [-0.39, 0.29) is 28.7 Å². The van der Waals surface area contributed by atoms with Crippen LogP contribution in [0, 0.1) is 0 Å². The van der Waals surface area contributed by atoms with Crippen molar-refractivity contribution in [3.05, 3.63) is 35.9 Å². The van der Waals surface area contributed by atoms with Gasteiger partial charge in [-0.05, 0) is 18.4 Å². The van der Waals surface area contributed by atoms with E-state index in [9.17, 15) is 13.2 Å². The molecule has 3 heterocycles. The van der Waals surface area contributed by atoms with E-state index in [0.717, 1.165) is 12.0 Å². The lowest BCUT2D eigenvalue weighted by molar-refractivity contribution is -0.126. The molecule has 1 aromatic carbocycles. The summed E-state index contributed by atoms with van der Waals surface area (Å²) in [4.78, 5) is 18.7. The molecule has 0 bridgehead atoms. The Morgan fingerprint density at radius 2 is 2.08 bits per heavy atom. The summed E-state index contributed by atoms with van der Waals surface area (Å²) < 4.78 is 29.5. The molecule has 0 radical (unpaired) electrons. The van der Waals surface area contributed by atoms with E-state index in [1.54, 1.807) is 0 Å². The van der Waals surface area contributed by atoms with E-state index in [4.69, 9.17) is 4.74 Å². The van der Waals surface area contributed by atoms with Crippen LogP contribution in [0.3, 0.4) is 0 Å². The molecular weight excluding hydrogens is 360 g/mol. The molecule has 0 saturated carbocycles. The highest BCUT2D eigenvalue weighted by Gasteiger charge is 2.48. The summed E-state index contributed by atoms with van der Waals surface area (Å²) >= 11 is 1.42. The van der Waals surface area contributed by atoms with E-state index >= 15 is 0 Å². The highest BCUT2D eigenvalue weighted by Crippen LogP contribution is 2.39. The number of rotatable bonds is 3. The summed E-state index contributed by atoms with van der Waals surface area (Å²) in [6.07, 6.45) is 1.14. The Kier molecular flexibility index (Phi) is 4.59. The van der Waals surface area contributed by atoms with Gasteiger partial charge in [0.1, 0.15) is 6.10 Å². The summed E-state index contributed by atoms with van der Waals surface area (Å²) in [5.41, 5.74) is 1.07.